The van der Waals surface area contributed by atoms with Gasteiger partial charge in [-0.15, -0.1) is 0 Å². The molecule has 0 saturated heterocycles. The molecule has 0 aliphatic heterocycles. The van der Waals surface area contributed by atoms with Crippen LogP contribution in [0.15, 0.2) is 40.9 Å². The standard InChI is InChI=1S/C12H13N3O2/c1-8-3-2-4-9(7-8)11(16)14-10-5-6-13-12(17)15-10/h2,4-8H,3H2,1H3,(H2,13,14,15,16,17). The summed E-state index contributed by atoms with van der Waals surface area (Å²) in [6, 6.07) is 1.54. The Hall–Kier alpha value is -2.17. The van der Waals surface area contributed by atoms with E-state index in [-0.39, 0.29) is 5.91 Å². The molecule has 1 aromatic rings. The lowest BCUT2D eigenvalue weighted by Gasteiger charge is -2.12. The van der Waals surface area contributed by atoms with Crippen LogP contribution in [0.4, 0.5) is 5.82 Å². The lowest BCUT2D eigenvalue weighted by atomic mass is 9.98. The first kappa shape index (κ1) is 11.3. The summed E-state index contributed by atoms with van der Waals surface area (Å²) in [6.45, 7) is 2.05. The minimum Gasteiger partial charge on any atom is -0.308 e. The number of aromatic amines is 1. The van der Waals surface area contributed by atoms with Gasteiger partial charge in [-0.25, -0.2) is 9.78 Å². The molecule has 1 heterocycles. The number of hydrogen-bond acceptors (Lipinski definition) is 3. The largest absolute Gasteiger partial charge is 0.346 e. The normalized spacial score (nSPS) is 18.6. The Morgan fingerprint density at radius 2 is 2.41 bits per heavy atom. The number of H-pyrrole nitrogens is 1. The number of carbonyl (C=O) groups excluding carboxylic acids is 1. The smallest absolute Gasteiger partial charge is 0.308 e. The van der Waals surface area contributed by atoms with Gasteiger partial charge in [0.15, 0.2) is 0 Å². The van der Waals surface area contributed by atoms with Gasteiger partial charge >= 0.3 is 5.69 Å². The van der Waals surface area contributed by atoms with Crippen molar-refractivity contribution in [1.82, 2.24) is 9.97 Å². The third-order valence-electron chi connectivity index (χ3n) is 2.45. The van der Waals surface area contributed by atoms with Crippen molar-refractivity contribution in [2.75, 3.05) is 5.32 Å². The first-order valence-corrected chi connectivity index (χ1v) is 5.40. The maximum atomic E-state index is 11.9. The van der Waals surface area contributed by atoms with Crippen LogP contribution >= 0.6 is 0 Å². The zero-order valence-electron chi connectivity index (χ0n) is 9.43. The number of allylic oxidation sites excluding steroid dienone is 2. The average Bonchev–Trinajstić information content (AvgIpc) is 2.29. The molecule has 0 bridgehead atoms. The van der Waals surface area contributed by atoms with E-state index in [0.29, 0.717) is 17.3 Å². The monoisotopic (exact) mass is 231 g/mol. The van der Waals surface area contributed by atoms with Gasteiger partial charge in [-0.1, -0.05) is 25.2 Å². The fraction of sp³-hybridized carbons (Fsp3) is 0.250. The van der Waals surface area contributed by atoms with Crippen LogP contribution in [0.2, 0.25) is 0 Å². The van der Waals surface area contributed by atoms with Crippen molar-refractivity contribution in [1.29, 1.82) is 0 Å². The molecule has 2 rings (SSSR count). The Kier molecular flexibility index (Phi) is 3.18. The number of anilines is 1. The Morgan fingerprint density at radius 3 is 3.12 bits per heavy atom. The second kappa shape index (κ2) is 4.78. The lowest BCUT2D eigenvalue weighted by Crippen LogP contribution is -2.19. The highest BCUT2D eigenvalue weighted by Crippen LogP contribution is 2.16. The first-order chi connectivity index (χ1) is 8.15. The number of nitrogens with one attached hydrogen (secondary N) is 2. The molecule has 0 fully saturated rings. The van der Waals surface area contributed by atoms with Gasteiger partial charge in [0.2, 0.25) is 0 Å². The molecule has 1 atom stereocenters. The summed E-state index contributed by atoms with van der Waals surface area (Å²) >= 11 is 0. The summed E-state index contributed by atoms with van der Waals surface area (Å²) in [5.41, 5.74) is 0.130. The zero-order chi connectivity index (χ0) is 12.3. The molecule has 1 amide bonds. The highest BCUT2D eigenvalue weighted by atomic mass is 16.2. The van der Waals surface area contributed by atoms with E-state index in [1.165, 1.54) is 12.3 Å². The van der Waals surface area contributed by atoms with Crippen LogP contribution in [-0.2, 0) is 4.79 Å². The second-order valence-corrected chi connectivity index (χ2v) is 3.98. The quantitative estimate of drug-likeness (QED) is 0.803. The van der Waals surface area contributed by atoms with Crippen molar-refractivity contribution < 1.29 is 4.79 Å². The van der Waals surface area contributed by atoms with Crippen LogP contribution in [0, 0.1) is 5.92 Å². The van der Waals surface area contributed by atoms with Crippen molar-refractivity contribution in [2.24, 2.45) is 5.92 Å². The molecule has 1 aliphatic carbocycles. The van der Waals surface area contributed by atoms with Gasteiger partial charge in [0.1, 0.15) is 5.82 Å². The Labute approximate surface area is 98.3 Å². The third kappa shape index (κ3) is 2.90. The Bertz CT molecular complexity index is 543. The number of nitrogens with zero attached hydrogens (tertiary/aromatic N) is 1. The molecular weight excluding hydrogens is 218 g/mol. The summed E-state index contributed by atoms with van der Waals surface area (Å²) in [5, 5.41) is 2.62. The molecule has 0 saturated carbocycles. The third-order valence-corrected chi connectivity index (χ3v) is 2.45. The average molecular weight is 231 g/mol. The van der Waals surface area contributed by atoms with Gasteiger partial charge in [0.05, 0.1) is 0 Å². The van der Waals surface area contributed by atoms with Crippen molar-refractivity contribution in [2.45, 2.75) is 13.3 Å². The molecule has 17 heavy (non-hydrogen) atoms. The second-order valence-electron chi connectivity index (χ2n) is 3.98. The van der Waals surface area contributed by atoms with Crippen LogP contribution in [0.3, 0.4) is 0 Å². The molecule has 0 aromatic carbocycles. The molecule has 0 spiro atoms. The van der Waals surface area contributed by atoms with Gasteiger partial charge in [0.25, 0.3) is 5.91 Å². The summed E-state index contributed by atoms with van der Waals surface area (Å²) in [7, 11) is 0. The zero-order valence-corrected chi connectivity index (χ0v) is 9.43. The number of amides is 1. The van der Waals surface area contributed by atoms with Gasteiger partial charge in [-0.3, -0.25) is 9.78 Å². The summed E-state index contributed by atoms with van der Waals surface area (Å²) in [5.74, 6) is 0.481. The van der Waals surface area contributed by atoms with Gasteiger partial charge in [-0.2, -0.15) is 0 Å². The van der Waals surface area contributed by atoms with E-state index in [0.717, 1.165) is 6.42 Å². The summed E-state index contributed by atoms with van der Waals surface area (Å²) in [6.07, 6.45) is 7.96. The minimum atomic E-state index is -0.482. The van der Waals surface area contributed by atoms with E-state index >= 15 is 0 Å². The van der Waals surface area contributed by atoms with E-state index < -0.39 is 5.69 Å². The van der Waals surface area contributed by atoms with E-state index in [4.69, 9.17) is 0 Å². The molecule has 1 aliphatic rings. The van der Waals surface area contributed by atoms with Crippen molar-refractivity contribution in [3.05, 3.63) is 46.5 Å². The number of aromatic nitrogens is 2. The van der Waals surface area contributed by atoms with Crippen LogP contribution in [-0.4, -0.2) is 15.9 Å². The van der Waals surface area contributed by atoms with Gasteiger partial charge in [-0.05, 0) is 18.4 Å². The van der Waals surface area contributed by atoms with E-state index in [2.05, 4.69) is 15.3 Å². The maximum absolute atomic E-state index is 11.9. The van der Waals surface area contributed by atoms with Gasteiger partial charge < -0.3 is 5.32 Å². The summed E-state index contributed by atoms with van der Waals surface area (Å²) < 4.78 is 0. The molecule has 1 aromatic heterocycles. The van der Waals surface area contributed by atoms with Crippen molar-refractivity contribution in [3.63, 3.8) is 0 Å². The molecule has 5 heteroatoms. The van der Waals surface area contributed by atoms with E-state index in [9.17, 15) is 9.59 Å². The molecule has 1 unspecified atom stereocenters. The topological polar surface area (TPSA) is 74.8 Å². The van der Waals surface area contributed by atoms with Crippen LogP contribution in [0.25, 0.3) is 0 Å². The van der Waals surface area contributed by atoms with Gasteiger partial charge in [0, 0.05) is 11.8 Å². The number of rotatable bonds is 2. The highest BCUT2D eigenvalue weighted by Gasteiger charge is 2.11. The molecule has 2 N–H and O–H groups in total. The molecule has 88 valence electrons. The lowest BCUT2D eigenvalue weighted by molar-refractivity contribution is -0.112. The Balaban J connectivity index is 2.12. The maximum Gasteiger partial charge on any atom is 0.346 e. The fourth-order valence-electron chi connectivity index (χ4n) is 1.63. The van der Waals surface area contributed by atoms with Crippen LogP contribution < -0.4 is 11.0 Å². The summed E-state index contributed by atoms with van der Waals surface area (Å²) in [4.78, 5) is 28.7. The fourth-order valence-corrected chi connectivity index (χ4v) is 1.63. The highest BCUT2D eigenvalue weighted by molar-refractivity contribution is 6.05. The predicted molar refractivity (Wildman–Crippen MR) is 64.5 cm³/mol. The SMILES string of the molecule is CC1C=C(C(=O)Nc2ccnc(=O)[nH]2)C=CC1. The molecule has 5 nitrogen and oxygen atoms in total. The Morgan fingerprint density at radius 1 is 1.59 bits per heavy atom. The van der Waals surface area contributed by atoms with E-state index in [1.807, 2.05) is 19.1 Å². The van der Waals surface area contributed by atoms with E-state index in [1.54, 1.807) is 6.08 Å². The van der Waals surface area contributed by atoms with Crippen molar-refractivity contribution >= 4 is 11.7 Å². The van der Waals surface area contributed by atoms with Crippen molar-refractivity contribution in [3.8, 4) is 0 Å². The molecular formula is C12H13N3O2. The minimum absolute atomic E-state index is 0.227. The first-order valence-electron chi connectivity index (χ1n) is 5.40. The number of carbonyl (C=O) groups is 1. The molecule has 0 radical (unpaired) electrons. The van der Waals surface area contributed by atoms with Crippen LogP contribution in [0.5, 0.6) is 0 Å². The number of hydrogen-bond donors (Lipinski definition) is 2. The van der Waals surface area contributed by atoms with Crippen LogP contribution in [0.1, 0.15) is 13.3 Å². The predicted octanol–water partition coefficient (Wildman–Crippen LogP) is 1.23.